The highest BCUT2D eigenvalue weighted by atomic mass is 16.4. The highest BCUT2D eigenvalue weighted by molar-refractivity contribution is 5.92. The molecule has 0 fully saturated rings. The first-order valence-corrected chi connectivity index (χ1v) is 16.6. The molecule has 0 spiro atoms. The fourth-order valence-electron chi connectivity index (χ4n) is 4.99. The van der Waals surface area contributed by atoms with E-state index in [4.69, 9.17) is 5.11 Å². The zero-order valence-electron chi connectivity index (χ0n) is 28.6. The summed E-state index contributed by atoms with van der Waals surface area (Å²) in [7, 11) is 0. The number of hydrogen-bond acceptors (Lipinski definition) is 7. The first-order chi connectivity index (χ1) is 22.2. The average Bonchev–Trinajstić information content (AvgIpc) is 3.01. The molecule has 0 saturated carbocycles. The van der Waals surface area contributed by atoms with E-state index >= 15 is 0 Å². The molecule has 0 aromatic heterocycles. The van der Waals surface area contributed by atoms with Crippen LogP contribution in [0.25, 0.3) is 0 Å². The molecule has 7 N–H and O–H groups in total. The van der Waals surface area contributed by atoms with Gasteiger partial charge in [0.15, 0.2) is 0 Å². The van der Waals surface area contributed by atoms with Crippen LogP contribution in [-0.2, 0) is 35.2 Å². The van der Waals surface area contributed by atoms with E-state index in [1.807, 2.05) is 44.2 Å². The third kappa shape index (κ3) is 15.4. The molecule has 5 amide bonds. The number of aliphatic hydroxyl groups is 1. The van der Waals surface area contributed by atoms with Gasteiger partial charge in [-0.15, -0.1) is 0 Å². The lowest BCUT2D eigenvalue weighted by molar-refractivity contribution is -0.137. The van der Waals surface area contributed by atoms with Crippen LogP contribution in [0.5, 0.6) is 0 Å². The van der Waals surface area contributed by atoms with Gasteiger partial charge in [0.05, 0.1) is 18.6 Å². The van der Waals surface area contributed by atoms with Crippen molar-refractivity contribution in [3.63, 3.8) is 0 Å². The molecule has 0 aliphatic carbocycles. The number of aliphatic hydroxyl groups excluding tert-OH is 1. The third-order valence-electron chi connectivity index (χ3n) is 7.92. The van der Waals surface area contributed by atoms with Gasteiger partial charge in [0.1, 0.15) is 18.1 Å². The molecule has 1 rings (SSSR count). The minimum absolute atomic E-state index is 0.0563. The van der Waals surface area contributed by atoms with Gasteiger partial charge in [0.25, 0.3) is 0 Å². The summed E-state index contributed by atoms with van der Waals surface area (Å²) in [4.78, 5) is 75.8. The molecule has 0 aliphatic heterocycles. The molecule has 0 radical (unpaired) electrons. The number of rotatable bonds is 22. The van der Waals surface area contributed by atoms with Crippen molar-refractivity contribution in [1.29, 1.82) is 0 Å². The number of carbonyl (C=O) groups is 6. The summed E-state index contributed by atoms with van der Waals surface area (Å²) in [5, 5.41) is 33.8. The summed E-state index contributed by atoms with van der Waals surface area (Å²) in [5.41, 5.74) is 0.804. The molecule has 13 heteroatoms. The number of amides is 5. The van der Waals surface area contributed by atoms with Crippen molar-refractivity contribution in [1.82, 2.24) is 26.6 Å². The summed E-state index contributed by atoms with van der Waals surface area (Å²) < 4.78 is 0. The monoisotopic (exact) mass is 661 g/mol. The minimum Gasteiger partial charge on any atom is -0.481 e. The van der Waals surface area contributed by atoms with E-state index in [0.29, 0.717) is 19.4 Å². The number of carboxylic acid groups (broad SMARTS) is 1. The maximum absolute atomic E-state index is 13.6. The largest absolute Gasteiger partial charge is 0.481 e. The van der Waals surface area contributed by atoms with Crippen LogP contribution in [0, 0.1) is 11.8 Å². The molecule has 0 saturated heterocycles. The predicted molar refractivity (Wildman–Crippen MR) is 178 cm³/mol. The van der Waals surface area contributed by atoms with Gasteiger partial charge in [-0.2, -0.15) is 0 Å². The third-order valence-corrected chi connectivity index (χ3v) is 7.92. The van der Waals surface area contributed by atoms with Gasteiger partial charge in [0, 0.05) is 19.4 Å². The first-order valence-electron chi connectivity index (χ1n) is 16.6. The van der Waals surface area contributed by atoms with E-state index in [2.05, 4.69) is 26.6 Å². The summed E-state index contributed by atoms with van der Waals surface area (Å²) in [6.07, 6.45) is -0.234. The van der Waals surface area contributed by atoms with Gasteiger partial charge in [-0.1, -0.05) is 77.8 Å². The molecular weight excluding hydrogens is 606 g/mol. The van der Waals surface area contributed by atoms with Crippen molar-refractivity contribution in [3.05, 3.63) is 35.9 Å². The number of hydrogen-bond donors (Lipinski definition) is 7. The second-order valence-corrected chi connectivity index (χ2v) is 12.3. The topological polar surface area (TPSA) is 203 Å². The van der Waals surface area contributed by atoms with Crippen LogP contribution in [0.15, 0.2) is 30.3 Å². The Balaban J connectivity index is 3.13. The Morgan fingerprint density at radius 1 is 0.766 bits per heavy atom. The fourth-order valence-corrected chi connectivity index (χ4v) is 4.99. The molecule has 0 heterocycles. The van der Waals surface area contributed by atoms with Crippen molar-refractivity contribution in [2.75, 3.05) is 6.54 Å². The Kier molecular flexibility index (Phi) is 19.0. The fraction of sp³-hybridized carbons (Fsp3) is 0.647. The van der Waals surface area contributed by atoms with Crippen LogP contribution < -0.4 is 26.6 Å². The predicted octanol–water partition coefficient (Wildman–Crippen LogP) is 1.81. The second-order valence-electron chi connectivity index (χ2n) is 12.3. The number of likely N-dealkylation sites (N-methyl/N-ethyl adjacent to an activating group) is 1. The van der Waals surface area contributed by atoms with Crippen LogP contribution in [0.1, 0.15) is 92.1 Å². The van der Waals surface area contributed by atoms with E-state index in [9.17, 15) is 33.9 Å². The average molecular weight is 662 g/mol. The number of carboxylic acids is 1. The van der Waals surface area contributed by atoms with E-state index < -0.39 is 59.9 Å². The van der Waals surface area contributed by atoms with Gasteiger partial charge < -0.3 is 36.8 Å². The highest BCUT2D eigenvalue weighted by Gasteiger charge is 2.32. The highest BCUT2D eigenvalue weighted by Crippen LogP contribution is 2.13. The molecule has 264 valence electrons. The Morgan fingerprint density at radius 2 is 1.40 bits per heavy atom. The molecule has 1 aromatic carbocycles. The summed E-state index contributed by atoms with van der Waals surface area (Å²) in [6.45, 7) is 11.3. The zero-order chi connectivity index (χ0) is 35.5. The Labute approximate surface area is 278 Å². The molecule has 0 unspecified atom stereocenters. The van der Waals surface area contributed by atoms with Crippen molar-refractivity contribution >= 4 is 35.5 Å². The van der Waals surface area contributed by atoms with E-state index in [1.165, 1.54) is 0 Å². The van der Waals surface area contributed by atoms with Crippen molar-refractivity contribution in [2.45, 2.75) is 123 Å². The number of benzene rings is 1. The van der Waals surface area contributed by atoms with Crippen LogP contribution >= 0.6 is 0 Å². The molecular formula is C34H55N5O8. The van der Waals surface area contributed by atoms with Crippen molar-refractivity contribution < 1.29 is 39.0 Å². The number of aliphatic carboxylic acids is 1. The maximum Gasteiger partial charge on any atom is 0.303 e. The second kappa shape index (κ2) is 21.7. The van der Waals surface area contributed by atoms with Crippen LogP contribution in [-0.4, -0.2) is 82.5 Å². The van der Waals surface area contributed by atoms with Crippen molar-refractivity contribution in [3.8, 4) is 0 Å². The zero-order valence-corrected chi connectivity index (χ0v) is 28.6. The smallest absolute Gasteiger partial charge is 0.303 e. The molecule has 6 atom stereocenters. The standard InChI is InChI=1S/C34H55N5O8/c1-7-14-24(36-34(47)31(22(6)8-2)38-27(41)17-13-18-29(43)44)32(45)37-25(19-23-15-11-10-12-16-23)26(40)20-28(42)39-30(21(4)5)33(46)35-9-3/h10-12,15-16,21-22,24-26,30-31,40H,7-9,13-14,17-20H2,1-6H3,(H,35,46)(H,36,47)(H,37,45)(H,38,41)(H,39,42)(H,43,44)/t22-,24-,25-,26-,30-,31-/m0/s1. The molecule has 1 aromatic rings. The minimum atomic E-state index is -1.32. The van der Waals surface area contributed by atoms with Gasteiger partial charge in [-0.3, -0.25) is 28.8 Å². The van der Waals surface area contributed by atoms with Gasteiger partial charge >= 0.3 is 5.97 Å². The van der Waals surface area contributed by atoms with E-state index in [-0.39, 0.29) is 56.3 Å². The first kappa shape index (κ1) is 41.0. The molecule has 0 aliphatic rings. The van der Waals surface area contributed by atoms with E-state index in [1.54, 1.807) is 27.7 Å². The summed E-state index contributed by atoms with van der Waals surface area (Å²) in [5.74, 6) is -3.94. The lowest BCUT2D eigenvalue weighted by atomic mass is 9.96. The van der Waals surface area contributed by atoms with Crippen molar-refractivity contribution in [2.24, 2.45) is 11.8 Å². The molecule has 13 nitrogen and oxygen atoms in total. The van der Waals surface area contributed by atoms with Crippen LogP contribution in [0.4, 0.5) is 0 Å². The summed E-state index contributed by atoms with van der Waals surface area (Å²) >= 11 is 0. The maximum atomic E-state index is 13.6. The SMILES string of the molecule is CCC[C@H](NC(=O)[C@@H](NC(=O)CCCC(=O)O)[C@@H](C)CC)C(=O)N[C@@H](Cc1ccccc1)[C@@H](O)CC(=O)N[C@H](C(=O)NCC)C(C)C. The van der Waals surface area contributed by atoms with Gasteiger partial charge in [0.2, 0.25) is 29.5 Å². The number of carbonyl (C=O) groups excluding carboxylic acids is 5. The quantitative estimate of drug-likeness (QED) is 0.0974. The normalized spacial score (nSPS) is 14.9. The Bertz CT molecular complexity index is 1160. The summed E-state index contributed by atoms with van der Waals surface area (Å²) in [6, 6.07) is 5.48. The number of nitrogens with one attached hydrogen (secondary N) is 5. The Hall–Kier alpha value is -4.00. The molecule has 47 heavy (non-hydrogen) atoms. The lowest BCUT2D eigenvalue weighted by Crippen LogP contribution is -2.58. The van der Waals surface area contributed by atoms with E-state index in [0.717, 1.165) is 5.56 Å². The van der Waals surface area contributed by atoms with Crippen LogP contribution in [0.3, 0.4) is 0 Å². The lowest BCUT2D eigenvalue weighted by Gasteiger charge is -2.29. The van der Waals surface area contributed by atoms with Gasteiger partial charge in [-0.25, -0.2) is 0 Å². The Morgan fingerprint density at radius 3 is 1.96 bits per heavy atom. The molecule has 0 bridgehead atoms. The van der Waals surface area contributed by atoms with Gasteiger partial charge in [-0.05, 0) is 43.6 Å². The van der Waals surface area contributed by atoms with Crippen LogP contribution in [0.2, 0.25) is 0 Å².